The van der Waals surface area contributed by atoms with Gasteiger partial charge in [-0.1, -0.05) is 35.9 Å². The molecule has 19 heavy (non-hydrogen) atoms. The number of benzene rings is 1. The van der Waals surface area contributed by atoms with Gasteiger partial charge in [0.25, 0.3) is 0 Å². The summed E-state index contributed by atoms with van der Waals surface area (Å²) in [5, 5.41) is 8.94. The van der Waals surface area contributed by atoms with E-state index in [1.165, 1.54) is 11.1 Å². The molecule has 0 fully saturated rings. The molecule has 0 saturated heterocycles. The molecule has 1 aromatic carbocycles. The first-order chi connectivity index (χ1) is 9.31. The van der Waals surface area contributed by atoms with Gasteiger partial charge in [0.1, 0.15) is 17.3 Å². The van der Waals surface area contributed by atoms with Gasteiger partial charge in [-0.05, 0) is 24.0 Å². The van der Waals surface area contributed by atoms with E-state index >= 15 is 0 Å². The molecule has 0 saturated carbocycles. The molecule has 0 aliphatic heterocycles. The van der Waals surface area contributed by atoms with E-state index in [2.05, 4.69) is 39.4 Å². The Hall–Kier alpha value is -1.94. The average Bonchev–Trinajstić information content (AvgIpc) is 3.00. The number of rotatable bonds is 1. The first-order valence-corrected chi connectivity index (χ1v) is 6.62. The molecule has 0 amide bonds. The van der Waals surface area contributed by atoms with Crippen molar-refractivity contribution in [3.05, 3.63) is 58.8 Å². The molecule has 4 rings (SSSR count). The maximum atomic E-state index is 5.87. The lowest BCUT2D eigenvalue weighted by Crippen LogP contribution is -2.04. The molecule has 0 spiro atoms. The number of aromatic nitrogens is 4. The molecular weight excluding hydrogens is 260 g/mol. The third-order valence-electron chi connectivity index (χ3n) is 3.71. The van der Waals surface area contributed by atoms with Crippen LogP contribution in [0.15, 0.2) is 36.7 Å². The highest BCUT2D eigenvalue weighted by atomic mass is 35.5. The van der Waals surface area contributed by atoms with Crippen LogP contribution in [0.5, 0.6) is 0 Å². The van der Waals surface area contributed by atoms with E-state index in [9.17, 15) is 0 Å². The van der Waals surface area contributed by atoms with Crippen molar-refractivity contribution in [2.24, 2.45) is 0 Å². The molecular formula is C14H11ClN4. The second-order valence-electron chi connectivity index (χ2n) is 4.87. The Morgan fingerprint density at radius 3 is 2.58 bits per heavy atom. The van der Waals surface area contributed by atoms with E-state index in [0.717, 1.165) is 24.3 Å². The highest BCUT2D eigenvalue weighted by molar-refractivity contribution is 6.29. The molecule has 0 N–H and O–H groups in total. The Morgan fingerprint density at radius 1 is 1.11 bits per heavy atom. The highest BCUT2D eigenvalue weighted by Crippen LogP contribution is 2.32. The van der Waals surface area contributed by atoms with Crippen LogP contribution in [0.4, 0.5) is 0 Å². The van der Waals surface area contributed by atoms with Gasteiger partial charge in [-0.2, -0.15) is 0 Å². The Labute approximate surface area is 115 Å². The van der Waals surface area contributed by atoms with Crippen molar-refractivity contribution < 1.29 is 0 Å². The first kappa shape index (κ1) is 10.9. The lowest BCUT2D eigenvalue weighted by atomic mass is 10.1. The minimum absolute atomic E-state index is 0.371. The molecule has 0 radical (unpaired) electrons. The fourth-order valence-corrected chi connectivity index (χ4v) is 2.95. The van der Waals surface area contributed by atoms with Crippen LogP contribution in [0, 0.1) is 0 Å². The summed E-state index contributed by atoms with van der Waals surface area (Å²) in [6.45, 7) is 0. The second kappa shape index (κ2) is 4.03. The molecule has 0 bridgehead atoms. The van der Waals surface area contributed by atoms with Gasteiger partial charge in [-0.25, -0.2) is 4.98 Å². The lowest BCUT2D eigenvalue weighted by Gasteiger charge is -2.06. The number of nitrogens with zero attached hydrogens (tertiary/aromatic N) is 4. The van der Waals surface area contributed by atoms with Gasteiger partial charge < -0.3 is 0 Å². The van der Waals surface area contributed by atoms with Crippen molar-refractivity contribution in [2.75, 3.05) is 0 Å². The van der Waals surface area contributed by atoms with Crippen molar-refractivity contribution in [3.63, 3.8) is 0 Å². The Balaban J connectivity index is 1.77. The maximum Gasteiger partial charge on any atom is 0.165 e. The number of fused-ring (bicyclic) bond motifs is 2. The Bertz CT molecular complexity index is 740. The van der Waals surface area contributed by atoms with Gasteiger partial charge >= 0.3 is 0 Å². The molecule has 0 atom stereocenters. The van der Waals surface area contributed by atoms with Crippen LogP contribution in [-0.2, 0) is 12.8 Å². The quantitative estimate of drug-likeness (QED) is 0.639. The fourth-order valence-electron chi connectivity index (χ4n) is 2.81. The molecule has 1 aliphatic rings. The minimum atomic E-state index is 0.371. The molecule has 2 aromatic heterocycles. The van der Waals surface area contributed by atoms with Crippen LogP contribution in [0.25, 0.3) is 5.65 Å². The van der Waals surface area contributed by atoms with Crippen LogP contribution < -0.4 is 0 Å². The summed E-state index contributed by atoms with van der Waals surface area (Å²) in [6.07, 6.45) is 3.73. The van der Waals surface area contributed by atoms with Crippen molar-refractivity contribution in [1.29, 1.82) is 0 Å². The van der Waals surface area contributed by atoms with Gasteiger partial charge in [-0.3, -0.25) is 4.40 Å². The average molecular weight is 271 g/mol. The second-order valence-corrected chi connectivity index (χ2v) is 5.26. The number of halogens is 1. The van der Waals surface area contributed by atoms with Crippen molar-refractivity contribution >= 4 is 17.2 Å². The predicted molar refractivity (Wildman–Crippen MR) is 72.4 cm³/mol. The van der Waals surface area contributed by atoms with Crippen LogP contribution in [0.3, 0.4) is 0 Å². The summed E-state index contributed by atoms with van der Waals surface area (Å²) in [7, 11) is 0. The Kier molecular flexibility index (Phi) is 2.32. The molecule has 1 aliphatic carbocycles. The molecule has 5 heteroatoms. The normalized spacial score (nSPS) is 15.0. The first-order valence-electron chi connectivity index (χ1n) is 6.24. The van der Waals surface area contributed by atoms with E-state index in [-0.39, 0.29) is 0 Å². The van der Waals surface area contributed by atoms with E-state index < -0.39 is 0 Å². The van der Waals surface area contributed by atoms with Gasteiger partial charge in [0, 0.05) is 12.0 Å². The number of hydrogen-bond acceptors (Lipinski definition) is 3. The van der Waals surface area contributed by atoms with Crippen molar-refractivity contribution in [1.82, 2.24) is 19.6 Å². The van der Waals surface area contributed by atoms with Crippen LogP contribution in [0.1, 0.15) is 22.9 Å². The topological polar surface area (TPSA) is 43.1 Å². The van der Waals surface area contributed by atoms with Gasteiger partial charge in [0.05, 0.1) is 0 Å². The third-order valence-corrected chi connectivity index (χ3v) is 3.92. The lowest BCUT2D eigenvalue weighted by molar-refractivity contribution is 0.670. The standard InChI is InChI=1S/C14H11ClN4/c15-12-7-13-17-18-14(19(13)8-16-12)11-5-9-3-1-2-4-10(9)6-11/h1-4,7-8,11H,5-6H2. The molecule has 4 nitrogen and oxygen atoms in total. The molecule has 3 aromatic rings. The minimum Gasteiger partial charge on any atom is -0.269 e. The largest absolute Gasteiger partial charge is 0.269 e. The number of hydrogen-bond donors (Lipinski definition) is 0. The van der Waals surface area contributed by atoms with Gasteiger partial charge in [0.15, 0.2) is 5.65 Å². The van der Waals surface area contributed by atoms with Crippen molar-refractivity contribution in [3.8, 4) is 0 Å². The summed E-state index contributed by atoms with van der Waals surface area (Å²) in [5.74, 6) is 1.34. The zero-order valence-corrected chi connectivity index (χ0v) is 10.9. The van der Waals surface area contributed by atoms with E-state index in [1.54, 1.807) is 12.4 Å². The van der Waals surface area contributed by atoms with E-state index in [4.69, 9.17) is 11.6 Å². The smallest absolute Gasteiger partial charge is 0.165 e. The zero-order chi connectivity index (χ0) is 12.8. The molecule has 94 valence electrons. The zero-order valence-electron chi connectivity index (χ0n) is 10.1. The third kappa shape index (κ3) is 1.71. The predicted octanol–water partition coefficient (Wildman–Crippen LogP) is 2.66. The fraction of sp³-hybridized carbons (Fsp3) is 0.214. The summed E-state index contributed by atoms with van der Waals surface area (Å²) in [6, 6.07) is 10.3. The van der Waals surface area contributed by atoms with Gasteiger partial charge in [-0.15, -0.1) is 10.2 Å². The van der Waals surface area contributed by atoms with Crippen LogP contribution in [-0.4, -0.2) is 19.6 Å². The van der Waals surface area contributed by atoms with Crippen LogP contribution in [0.2, 0.25) is 5.15 Å². The molecule has 2 heterocycles. The highest BCUT2D eigenvalue weighted by Gasteiger charge is 2.26. The van der Waals surface area contributed by atoms with Crippen LogP contribution >= 0.6 is 11.6 Å². The summed E-state index contributed by atoms with van der Waals surface area (Å²) < 4.78 is 1.93. The van der Waals surface area contributed by atoms with Crippen molar-refractivity contribution in [2.45, 2.75) is 18.8 Å². The van der Waals surface area contributed by atoms with Gasteiger partial charge in [0.2, 0.25) is 0 Å². The molecule has 0 unspecified atom stereocenters. The van der Waals surface area contributed by atoms with E-state index in [0.29, 0.717) is 11.1 Å². The summed E-state index contributed by atoms with van der Waals surface area (Å²) in [4.78, 5) is 4.11. The summed E-state index contributed by atoms with van der Waals surface area (Å²) in [5.41, 5.74) is 3.57. The Morgan fingerprint density at radius 2 is 1.84 bits per heavy atom. The van der Waals surface area contributed by atoms with E-state index in [1.807, 2.05) is 4.40 Å². The maximum absolute atomic E-state index is 5.87. The SMILES string of the molecule is Clc1cc2nnc(C3Cc4ccccc4C3)n2cn1. The monoisotopic (exact) mass is 270 g/mol. The summed E-state index contributed by atoms with van der Waals surface area (Å²) >= 11 is 5.87.